The quantitative estimate of drug-likeness (QED) is 0.596. The fourth-order valence-electron chi connectivity index (χ4n) is 2.97. The van der Waals surface area contributed by atoms with Crippen molar-refractivity contribution < 1.29 is 9.66 Å². The molecule has 0 radical (unpaired) electrons. The molecule has 1 fully saturated rings. The lowest BCUT2D eigenvalue weighted by atomic mass is 9.98. The van der Waals surface area contributed by atoms with E-state index in [9.17, 15) is 10.1 Å². The van der Waals surface area contributed by atoms with Gasteiger partial charge in [-0.2, -0.15) is 0 Å². The number of rotatable bonds is 7. The lowest BCUT2D eigenvalue weighted by Crippen LogP contribution is -2.35. The monoisotopic (exact) mass is 293 g/mol. The summed E-state index contributed by atoms with van der Waals surface area (Å²) in [5.74, 6) is 0.885. The van der Waals surface area contributed by atoms with Crippen molar-refractivity contribution in [3.63, 3.8) is 0 Å². The van der Waals surface area contributed by atoms with Gasteiger partial charge < -0.3 is 15.8 Å². The SMILES string of the molecule is CCOc1cc(NC(CN)C2CCCC2)ccc1[N+](=O)[O-]. The van der Waals surface area contributed by atoms with Crippen LogP contribution in [-0.4, -0.2) is 24.1 Å². The Bertz CT molecular complexity index is 487. The summed E-state index contributed by atoms with van der Waals surface area (Å²) in [6, 6.07) is 5.11. The van der Waals surface area contributed by atoms with Crippen LogP contribution in [0.5, 0.6) is 5.75 Å². The number of nitrogens with zero attached hydrogens (tertiary/aromatic N) is 1. The van der Waals surface area contributed by atoms with E-state index in [-0.39, 0.29) is 11.7 Å². The van der Waals surface area contributed by atoms with Gasteiger partial charge in [-0.25, -0.2) is 0 Å². The Morgan fingerprint density at radius 1 is 1.48 bits per heavy atom. The number of nitrogens with one attached hydrogen (secondary N) is 1. The molecule has 1 atom stereocenters. The molecule has 1 aliphatic carbocycles. The highest BCUT2D eigenvalue weighted by Gasteiger charge is 2.24. The number of hydrogen-bond acceptors (Lipinski definition) is 5. The number of ether oxygens (including phenoxy) is 1. The molecule has 1 unspecified atom stereocenters. The second-order valence-corrected chi connectivity index (χ2v) is 5.40. The Labute approximate surface area is 124 Å². The minimum atomic E-state index is -0.424. The van der Waals surface area contributed by atoms with Gasteiger partial charge in [-0.1, -0.05) is 12.8 Å². The van der Waals surface area contributed by atoms with Crippen molar-refractivity contribution in [1.29, 1.82) is 0 Å². The van der Waals surface area contributed by atoms with E-state index < -0.39 is 4.92 Å². The third kappa shape index (κ3) is 3.85. The molecule has 3 N–H and O–H groups in total. The lowest BCUT2D eigenvalue weighted by molar-refractivity contribution is -0.385. The molecule has 116 valence electrons. The van der Waals surface area contributed by atoms with E-state index in [1.165, 1.54) is 31.7 Å². The molecule has 6 nitrogen and oxygen atoms in total. The van der Waals surface area contributed by atoms with E-state index >= 15 is 0 Å². The first-order valence-electron chi connectivity index (χ1n) is 7.53. The summed E-state index contributed by atoms with van der Waals surface area (Å²) in [4.78, 5) is 10.6. The van der Waals surface area contributed by atoms with Crippen molar-refractivity contribution in [2.75, 3.05) is 18.5 Å². The molecule has 21 heavy (non-hydrogen) atoms. The Morgan fingerprint density at radius 2 is 2.19 bits per heavy atom. The zero-order valence-corrected chi connectivity index (χ0v) is 12.4. The maximum absolute atomic E-state index is 11.0. The van der Waals surface area contributed by atoms with Gasteiger partial charge in [0.2, 0.25) is 0 Å². The average molecular weight is 293 g/mol. The van der Waals surface area contributed by atoms with Crippen LogP contribution in [0.3, 0.4) is 0 Å². The molecule has 0 aliphatic heterocycles. The molecule has 1 aromatic rings. The molecular weight excluding hydrogens is 270 g/mol. The van der Waals surface area contributed by atoms with E-state index in [0.29, 0.717) is 24.8 Å². The topological polar surface area (TPSA) is 90.4 Å². The first-order valence-corrected chi connectivity index (χ1v) is 7.53. The van der Waals surface area contributed by atoms with Crippen molar-refractivity contribution in [2.24, 2.45) is 11.7 Å². The first-order chi connectivity index (χ1) is 10.2. The molecule has 0 spiro atoms. The largest absolute Gasteiger partial charge is 0.487 e. The number of nitro groups is 1. The molecule has 2 rings (SSSR count). The smallest absolute Gasteiger partial charge is 0.311 e. The Hall–Kier alpha value is -1.82. The van der Waals surface area contributed by atoms with Gasteiger partial charge in [-0.05, 0) is 31.7 Å². The van der Waals surface area contributed by atoms with Crippen molar-refractivity contribution in [3.05, 3.63) is 28.3 Å². The van der Waals surface area contributed by atoms with Crippen LogP contribution in [0.1, 0.15) is 32.6 Å². The predicted molar refractivity (Wildman–Crippen MR) is 82.7 cm³/mol. The molecule has 6 heteroatoms. The van der Waals surface area contributed by atoms with Crippen molar-refractivity contribution in [2.45, 2.75) is 38.6 Å². The van der Waals surface area contributed by atoms with Crippen molar-refractivity contribution >= 4 is 11.4 Å². The highest BCUT2D eigenvalue weighted by atomic mass is 16.6. The van der Waals surface area contributed by atoms with Crippen LogP contribution in [0.2, 0.25) is 0 Å². The Morgan fingerprint density at radius 3 is 2.76 bits per heavy atom. The van der Waals surface area contributed by atoms with Crippen LogP contribution < -0.4 is 15.8 Å². The summed E-state index contributed by atoms with van der Waals surface area (Å²) in [5.41, 5.74) is 6.69. The zero-order chi connectivity index (χ0) is 15.2. The Kier molecular flexibility index (Phi) is 5.38. The summed E-state index contributed by atoms with van der Waals surface area (Å²) < 4.78 is 5.37. The van der Waals surface area contributed by atoms with Crippen LogP contribution in [0.25, 0.3) is 0 Å². The van der Waals surface area contributed by atoms with Crippen LogP contribution in [0.15, 0.2) is 18.2 Å². The predicted octanol–water partition coefficient (Wildman–Crippen LogP) is 2.92. The van der Waals surface area contributed by atoms with E-state index in [4.69, 9.17) is 10.5 Å². The minimum absolute atomic E-state index is 0.00688. The Balaban J connectivity index is 2.15. The number of benzene rings is 1. The standard InChI is InChI=1S/C15H23N3O3/c1-2-21-15-9-12(7-8-14(15)18(19)20)17-13(10-16)11-5-3-4-6-11/h7-9,11,13,17H,2-6,10,16H2,1H3. The van der Waals surface area contributed by atoms with E-state index in [1.54, 1.807) is 12.1 Å². The molecule has 0 aromatic heterocycles. The molecule has 1 aromatic carbocycles. The number of hydrogen-bond donors (Lipinski definition) is 2. The van der Waals surface area contributed by atoms with Gasteiger partial charge in [0, 0.05) is 30.4 Å². The molecule has 0 amide bonds. The van der Waals surface area contributed by atoms with Crippen LogP contribution in [0, 0.1) is 16.0 Å². The van der Waals surface area contributed by atoms with Gasteiger partial charge in [-0.15, -0.1) is 0 Å². The summed E-state index contributed by atoms with van der Waals surface area (Å²) >= 11 is 0. The van der Waals surface area contributed by atoms with E-state index in [2.05, 4.69) is 5.32 Å². The third-order valence-electron chi connectivity index (χ3n) is 4.03. The third-order valence-corrected chi connectivity index (χ3v) is 4.03. The van der Waals surface area contributed by atoms with Crippen LogP contribution >= 0.6 is 0 Å². The summed E-state index contributed by atoms with van der Waals surface area (Å²) in [6.45, 7) is 2.77. The summed E-state index contributed by atoms with van der Waals surface area (Å²) in [7, 11) is 0. The number of anilines is 1. The van der Waals surface area contributed by atoms with Gasteiger partial charge in [0.25, 0.3) is 0 Å². The minimum Gasteiger partial charge on any atom is -0.487 e. The summed E-state index contributed by atoms with van der Waals surface area (Å²) in [6.07, 6.45) is 4.90. The lowest BCUT2D eigenvalue weighted by Gasteiger charge is -2.24. The fraction of sp³-hybridized carbons (Fsp3) is 0.600. The maximum Gasteiger partial charge on any atom is 0.311 e. The number of nitro benzene ring substituents is 1. The van der Waals surface area contributed by atoms with Gasteiger partial charge in [0.1, 0.15) is 0 Å². The van der Waals surface area contributed by atoms with Crippen molar-refractivity contribution in [3.8, 4) is 5.75 Å². The molecule has 0 bridgehead atoms. The second kappa shape index (κ2) is 7.26. The van der Waals surface area contributed by atoms with E-state index in [1.807, 2.05) is 6.92 Å². The molecular formula is C15H23N3O3. The second-order valence-electron chi connectivity index (χ2n) is 5.40. The fourth-order valence-corrected chi connectivity index (χ4v) is 2.97. The van der Waals surface area contributed by atoms with Gasteiger partial charge in [0.05, 0.1) is 11.5 Å². The van der Waals surface area contributed by atoms with Crippen LogP contribution in [-0.2, 0) is 0 Å². The van der Waals surface area contributed by atoms with Gasteiger partial charge in [0.15, 0.2) is 5.75 Å². The highest BCUT2D eigenvalue weighted by molar-refractivity contribution is 5.58. The highest BCUT2D eigenvalue weighted by Crippen LogP contribution is 2.33. The molecule has 0 saturated heterocycles. The van der Waals surface area contributed by atoms with Crippen molar-refractivity contribution in [1.82, 2.24) is 0 Å². The normalized spacial score (nSPS) is 16.7. The van der Waals surface area contributed by atoms with Gasteiger partial charge >= 0.3 is 5.69 Å². The molecule has 1 saturated carbocycles. The van der Waals surface area contributed by atoms with Crippen LogP contribution in [0.4, 0.5) is 11.4 Å². The zero-order valence-electron chi connectivity index (χ0n) is 12.4. The van der Waals surface area contributed by atoms with Gasteiger partial charge in [-0.3, -0.25) is 10.1 Å². The first kappa shape index (κ1) is 15.6. The molecule has 0 heterocycles. The maximum atomic E-state index is 11.0. The number of nitrogens with two attached hydrogens (primary N) is 1. The van der Waals surface area contributed by atoms with E-state index in [0.717, 1.165) is 5.69 Å². The average Bonchev–Trinajstić information content (AvgIpc) is 2.99. The summed E-state index contributed by atoms with van der Waals surface area (Å²) in [5, 5.41) is 14.4. The molecule has 1 aliphatic rings.